The van der Waals surface area contributed by atoms with E-state index in [1.54, 1.807) is 36.2 Å². The maximum Gasteiger partial charge on any atom is 0.238 e. The fourth-order valence-corrected chi connectivity index (χ4v) is 3.08. The Kier molecular flexibility index (Phi) is 5.64. The molecule has 0 aliphatic carbocycles. The number of aryl methyl sites for hydroxylation is 1. The Morgan fingerprint density at radius 1 is 1.31 bits per heavy atom. The van der Waals surface area contributed by atoms with Gasteiger partial charge in [0.05, 0.1) is 12.3 Å². The Bertz CT molecular complexity index is 893. The lowest BCUT2D eigenvalue weighted by molar-refractivity contribution is -0.131. The molecular formula is C18H17Cl2N3O3. The van der Waals surface area contributed by atoms with Gasteiger partial charge in [-0.2, -0.15) is 4.98 Å². The van der Waals surface area contributed by atoms with Crippen LogP contribution < -0.4 is 0 Å². The number of nitrogens with zero attached hydrogens (tertiary/aromatic N) is 3. The summed E-state index contributed by atoms with van der Waals surface area (Å²) >= 11 is 12.2. The third-order valence-electron chi connectivity index (χ3n) is 4.15. The second-order valence-electron chi connectivity index (χ2n) is 5.84. The number of aromatic nitrogens is 2. The van der Waals surface area contributed by atoms with Crippen molar-refractivity contribution in [3.63, 3.8) is 0 Å². The smallest absolute Gasteiger partial charge is 0.238 e. The molecule has 0 fully saturated rings. The lowest BCUT2D eigenvalue weighted by Crippen LogP contribution is -2.30. The lowest BCUT2D eigenvalue weighted by atomic mass is 10.1. The van der Waals surface area contributed by atoms with Crippen LogP contribution in [0.2, 0.25) is 10.0 Å². The van der Waals surface area contributed by atoms with E-state index in [4.69, 9.17) is 32.1 Å². The zero-order chi connectivity index (χ0) is 18.7. The van der Waals surface area contributed by atoms with E-state index in [0.29, 0.717) is 33.9 Å². The summed E-state index contributed by atoms with van der Waals surface area (Å²) in [6.45, 7) is 1.91. The number of carbonyl (C=O) groups is 1. The number of hydrogen-bond donors (Lipinski definition) is 0. The predicted molar refractivity (Wildman–Crippen MR) is 98.0 cm³/mol. The van der Waals surface area contributed by atoms with Crippen LogP contribution in [0.25, 0.3) is 11.6 Å². The maximum atomic E-state index is 12.5. The second-order valence-corrected chi connectivity index (χ2v) is 6.68. The van der Waals surface area contributed by atoms with Gasteiger partial charge < -0.3 is 13.8 Å². The minimum absolute atomic E-state index is 0.0544. The fourth-order valence-electron chi connectivity index (χ4n) is 2.52. The molecule has 0 spiro atoms. The molecule has 0 radical (unpaired) electrons. The summed E-state index contributed by atoms with van der Waals surface area (Å²) < 4.78 is 10.4. The van der Waals surface area contributed by atoms with Crippen LogP contribution in [0, 0.1) is 0 Å². The highest BCUT2D eigenvalue weighted by Gasteiger charge is 2.20. The Morgan fingerprint density at radius 3 is 2.81 bits per heavy atom. The van der Waals surface area contributed by atoms with E-state index in [0.717, 1.165) is 5.56 Å². The quantitative estimate of drug-likeness (QED) is 0.601. The first-order chi connectivity index (χ1) is 12.5. The van der Waals surface area contributed by atoms with Gasteiger partial charge in [0.1, 0.15) is 0 Å². The van der Waals surface area contributed by atoms with E-state index >= 15 is 0 Å². The summed E-state index contributed by atoms with van der Waals surface area (Å²) in [6.07, 6.45) is 2.12. The van der Waals surface area contributed by atoms with Crippen LogP contribution >= 0.6 is 23.2 Å². The van der Waals surface area contributed by atoms with Gasteiger partial charge in [-0.3, -0.25) is 4.79 Å². The zero-order valence-electron chi connectivity index (χ0n) is 14.3. The molecule has 0 aliphatic heterocycles. The summed E-state index contributed by atoms with van der Waals surface area (Å²) in [6, 6.07) is 8.55. The van der Waals surface area contributed by atoms with Crippen molar-refractivity contribution >= 4 is 29.1 Å². The van der Waals surface area contributed by atoms with E-state index in [1.165, 1.54) is 6.26 Å². The molecule has 1 unspecified atom stereocenters. The number of hydrogen-bond acceptors (Lipinski definition) is 5. The summed E-state index contributed by atoms with van der Waals surface area (Å²) in [5, 5.41) is 4.94. The maximum absolute atomic E-state index is 12.5. The van der Waals surface area contributed by atoms with Gasteiger partial charge in [-0.1, -0.05) is 34.4 Å². The zero-order valence-corrected chi connectivity index (χ0v) is 15.8. The van der Waals surface area contributed by atoms with E-state index in [-0.39, 0.29) is 18.4 Å². The van der Waals surface area contributed by atoms with Gasteiger partial charge in [-0.05, 0) is 36.8 Å². The van der Waals surface area contributed by atoms with Gasteiger partial charge >= 0.3 is 0 Å². The third kappa shape index (κ3) is 4.08. The van der Waals surface area contributed by atoms with Crippen molar-refractivity contribution in [3.8, 4) is 11.6 Å². The predicted octanol–water partition coefficient (Wildman–Crippen LogP) is 4.79. The topological polar surface area (TPSA) is 72.4 Å². The first kappa shape index (κ1) is 18.5. The molecule has 0 N–H and O–H groups in total. The number of rotatable bonds is 6. The molecule has 2 heterocycles. The minimum Gasteiger partial charge on any atom is -0.461 e. The van der Waals surface area contributed by atoms with Crippen molar-refractivity contribution in [2.45, 2.75) is 25.8 Å². The molecule has 26 heavy (non-hydrogen) atoms. The molecule has 8 heteroatoms. The molecule has 1 atom stereocenters. The molecule has 1 aromatic carbocycles. The number of benzene rings is 1. The van der Waals surface area contributed by atoms with Crippen molar-refractivity contribution in [2.24, 2.45) is 0 Å². The normalized spacial score (nSPS) is 12.2. The van der Waals surface area contributed by atoms with Crippen molar-refractivity contribution in [1.29, 1.82) is 0 Å². The lowest BCUT2D eigenvalue weighted by Gasteiger charge is -2.26. The monoisotopic (exact) mass is 393 g/mol. The summed E-state index contributed by atoms with van der Waals surface area (Å²) in [4.78, 5) is 18.4. The average Bonchev–Trinajstić information content (AvgIpc) is 3.29. The van der Waals surface area contributed by atoms with E-state index < -0.39 is 0 Å². The number of carbonyl (C=O) groups excluding carboxylic acids is 1. The third-order valence-corrected chi connectivity index (χ3v) is 4.71. The first-order valence-electron chi connectivity index (χ1n) is 8.02. The van der Waals surface area contributed by atoms with Crippen LogP contribution in [-0.4, -0.2) is 28.0 Å². The first-order valence-corrected chi connectivity index (χ1v) is 8.78. The molecule has 0 aliphatic rings. The second kappa shape index (κ2) is 7.93. The summed E-state index contributed by atoms with van der Waals surface area (Å²) in [5.74, 6) is 1.22. The Hall–Kier alpha value is -2.31. The standard InChI is InChI=1S/C18H17Cl2N3O3/c1-11(13-6-5-12(19)10-14(13)20)23(2)17(24)8-7-16-21-18(22-26-16)15-4-3-9-25-15/h3-6,9-11H,7-8H2,1-2H3. The van der Waals surface area contributed by atoms with Crippen LogP contribution in [0.15, 0.2) is 45.5 Å². The fraction of sp³-hybridized carbons (Fsp3) is 0.278. The number of halogens is 2. The van der Waals surface area contributed by atoms with E-state index in [1.807, 2.05) is 13.0 Å². The van der Waals surface area contributed by atoms with E-state index in [9.17, 15) is 4.79 Å². The molecule has 136 valence electrons. The minimum atomic E-state index is -0.186. The highest BCUT2D eigenvalue weighted by atomic mass is 35.5. The summed E-state index contributed by atoms with van der Waals surface area (Å²) in [5.41, 5.74) is 0.838. The van der Waals surface area contributed by atoms with Gasteiger partial charge in [0.25, 0.3) is 0 Å². The molecule has 6 nitrogen and oxygen atoms in total. The molecule has 3 aromatic rings. The highest BCUT2D eigenvalue weighted by Crippen LogP contribution is 2.29. The van der Waals surface area contributed by atoms with Gasteiger partial charge in [-0.15, -0.1) is 0 Å². The number of amides is 1. The molecule has 0 saturated carbocycles. The van der Waals surface area contributed by atoms with Gasteiger partial charge in [-0.25, -0.2) is 0 Å². The van der Waals surface area contributed by atoms with Crippen molar-refractivity contribution in [1.82, 2.24) is 15.0 Å². The Labute approximate surface area is 160 Å². The number of furan rings is 1. The van der Waals surface area contributed by atoms with Gasteiger partial charge in [0, 0.05) is 29.9 Å². The molecule has 0 bridgehead atoms. The van der Waals surface area contributed by atoms with Gasteiger partial charge in [0.15, 0.2) is 5.76 Å². The Balaban J connectivity index is 1.60. The molecule has 1 amide bonds. The molecule has 0 saturated heterocycles. The van der Waals surface area contributed by atoms with Crippen LogP contribution in [0.4, 0.5) is 0 Å². The SMILES string of the molecule is CC(c1ccc(Cl)cc1Cl)N(C)C(=O)CCc1nc(-c2ccco2)no1. The van der Waals surface area contributed by atoms with Crippen LogP contribution in [0.1, 0.15) is 30.8 Å². The van der Waals surface area contributed by atoms with Crippen LogP contribution in [-0.2, 0) is 11.2 Å². The highest BCUT2D eigenvalue weighted by molar-refractivity contribution is 6.35. The molecular weight excluding hydrogens is 377 g/mol. The van der Waals surface area contributed by atoms with Crippen LogP contribution in [0.3, 0.4) is 0 Å². The average molecular weight is 394 g/mol. The van der Waals surface area contributed by atoms with Crippen molar-refractivity contribution in [2.75, 3.05) is 7.05 Å². The van der Waals surface area contributed by atoms with E-state index in [2.05, 4.69) is 10.1 Å². The van der Waals surface area contributed by atoms with Gasteiger partial charge in [0.2, 0.25) is 17.6 Å². The summed E-state index contributed by atoms with van der Waals surface area (Å²) in [7, 11) is 1.74. The van der Waals surface area contributed by atoms with Crippen LogP contribution in [0.5, 0.6) is 0 Å². The largest absolute Gasteiger partial charge is 0.461 e. The molecule has 3 rings (SSSR count). The molecule has 2 aromatic heterocycles. The van der Waals surface area contributed by atoms with Crippen molar-refractivity contribution in [3.05, 3.63) is 58.1 Å². The van der Waals surface area contributed by atoms with Crippen molar-refractivity contribution < 1.29 is 13.7 Å². The Morgan fingerprint density at radius 2 is 2.12 bits per heavy atom.